The second-order valence-corrected chi connectivity index (χ2v) is 6.99. The summed E-state index contributed by atoms with van der Waals surface area (Å²) in [5.74, 6) is -0.0946. The Balaban J connectivity index is 1.66. The number of nitrogens with one attached hydrogen (secondary N) is 2. The molecule has 3 rings (SSSR count). The van der Waals surface area contributed by atoms with Gasteiger partial charge in [-0.05, 0) is 50.6 Å². The maximum absolute atomic E-state index is 12.6. The van der Waals surface area contributed by atoms with Crippen molar-refractivity contribution in [2.75, 3.05) is 20.2 Å². The highest BCUT2D eigenvalue weighted by Crippen LogP contribution is 2.58. The van der Waals surface area contributed by atoms with Gasteiger partial charge in [0, 0.05) is 5.92 Å². The Morgan fingerprint density at radius 1 is 1.10 bits per heavy atom. The highest BCUT2D eigenvalue weighted by molar-refractivity contribution is 5.90. The van der Waals surface area contributed by atoms with Crippen molar-refractivity contribution in [2.45, 2.75) is 56.9 Å². The predicted octanol–water partition coefficient (Wildman–Crippen LogP) is 1.37. The third-order valence-corrected chi connectivity index (χ3v) is 5.75. The highest BCUT2D eigenvalue weighted by atomic mass is 16.5. The molecule has 1 unspecified atom stereocenters. The molecule has 1 amide bonds. The lowest BCUT2D eigenvalue weighted by molar-refractivity contribution is -0.153. The minimum atomic E-state index is -0.763. The van der Waals surface area contributed by atoms with Crippen LogP contribution in [0.5, 0.6) is 0 Å². The molecule has 2 N–H and O–H groups in total. The first-order valence-electron chi connectivity index (χ1n) is 8.23. The first kappa shape index (κ1) is 14.8. The lowest BCUT2D eigenvalue weighted by atomic mass is 9.81. The van der Waals surface area contributed by atoms with E-state index in [0.717, 1.165) is 51.6 Å². The number of piperidine rings is 1. The topological polar surface area (TPSA) is 67.4 Å². The molecule has 2 saturated carbocycles. The van der Waals surface area contributed by atoms with Gasteiger partial charge in [-0.15, -0.1) is 0 Å². The molecule has 0 bridgehead atoms. The van der Waals surface area contributed by atoms with Crippen LogP contribution in [0, 0.1) is 11.3 Å². The zero-order valence-electron chi connectivity index (χ0n) is 12.9. The largest absolute Gasteiger partial charge is 0.467 e. The van der Waals surface area contributed by atoms with E-state index in [9.17, 15) is 9.59 Å². The minimum Gasteiger partial charge on any atom is -0.467 e. The lowest BCUT2D eigenvalue weighted by Gasteiger charge is -2.35. The monoisotopic (exact) mass is 294 g/mol. The Bertz CT molecular complexity index is 423. The van der Waals surface area contributed by atoms with E-state index in [2.05, 4.69) is 10.6 Å². The van der Waals surface area contributed by atoms with Crippen molar-refractivity contribution in [3.8, 4) is 0 Å². The SMILES string of the molecule is COC(=O)C1(NC(=O)C2CC23CCNCC3)CCCCC1. The van der Waals surface area contributed by atoms with E-state index >= 15 is 0 Å². The average Bonchev–Trinajstić information content (AvgIpc) is 3.21. The Labute approximate surface area is 126 Å². The Hall–Kier alpha value is -1.10. The first-order valence-corrected chi connectivity index (χ1v) is 8.23. The van der Waals surface area contributed by atoms with Crippen LogP contribution in [-0.4, -0.2) is 37.6 Å². The van der Waals surface area contributed by atoms with Gasteiger partial charge >= 0.3 is 5.97 Å². The van der Waals surface area contributed by atoms with Gasteiger partial charge in [-0.25, -0.2) is 4.79 Å². The molecular weight excluding hydrogens is 268 g/mol. The fraction of sp³-hybridized carbons (Fsp3) is 0.875. The van der Waals surface area contributed by atoms with Crippen molar-refractivity contribution >= 4 is 11.9 Å². The van der Waals surface area contributed by atoms with Gasteiger partial charge in [0.1, 0.15) is 5.54 Å². The molecule has 1 aliphatic heterocycles. The molecule has 1 saturated heterocycles. The van der Waals surface area contributed by atoms with Crippen LogP contribution in [0.2, 0.25) is 0 Å². The third kappa shape index (κ3) is 2.68. The van der Waals surface area contributed by atoms with E-state index in [1.54, 1.807) is 0 Å². The van der Waals surface area contributed by atoms with Gasteiger partial charge in [-0.3, -0.25) is 4.79 Å². The summed E-state index contributed by atoms with van der Waals surface area (Å²) in [5, 5.41) is 6.43. The number of amides is 1. The van der Waals surface area contributed by atoms with Crippen molar-refractivity contribution < 1.29 is 14.3 Å². The van der Waals surface area contributed by atoms with Crippen LogP contribution in [0.3, 0.4) is 0 Å². The van der Waals surface area contributed by atoms with E-state index < -0.39 is 5.54 Å². The van der Waals surface area contributed by atoms with Gasteiger partial charge in [0.2, 0.25) is 5.91 Å². The molecule has 0 aromatic heterocycles. The second kappa shape index (κ2) is 5.59. The number of rotatable bonds is 3. The first-order chi connectivity index (χ1) is 10.1. The van der Waals surface area contributed by atoms with Gasteiger partial charge in [0.25, 0.3) is 0 Å². The molecular formula is C16H26N2O3. The molecule has 21 heavy (non-hydrogen) atoms. The van der Waals surface area contributed by atoms with Crippen LogP contribution in [0.1, 0.15) is 51.4 Å². The Morgan fingerprint density at radius 3 is 2.38 bits per heavy atom. The van der Waals surface area contributed by atoms with Gasteiger partial charge < -0.3 is 15.4 Å². The van der Waals surface area contributed by atoms with Gasteiger partial charge in [-0.2, -0.15) is 0 Å². The maximum atomic E-state index is 12.6. The maximum Gasteiger partial charge on any atom is 0.331 e. The molecule has 0 aromatic rings. The summed E-state index contributed by atoms with van der Waals surface area (Å²) in [6.07, 6.45) is 7.67. The predicted molar refractivity (Wildman–Crippen MR) is 78.6 cm³/mol. The van der Waals surface area contributed by atoms with Crippen LogP contribution in [0.25, 0.3) is 0 Å². The standard InChI is InChI=1S/C16H26N2O3/c1-21-14(20)16(5-3-2-4-6-16)18-13(19)12-11-15(12)7-9-17-10-8-15/h12,17H,2-11H2,1H3,(H,18,19). The summed E-state index contributed by atoms with van der Waals surface area (Å²) in [6, 6.07) is 0. The van der Waals surface area contributed by atoms with Crippen LogP contribution >= 0.6 is 0 Å². The van der Waals surface area contributed by atoms with E-state index in [0.29, 0.717) is 12.8 Å². The van der Waals surface area contributed by atoms with E-state index in [4.69, 9.17) is 4.74 Å². The van der Waals surface area contributed by atoms with Gasteiger partial charge in [-0.1, -0.05) is 19.3 Å². The summed E-state index contributed by atoms with van der Waals surface area (Å²) in [7, 11) is 1.41. The van der Waals surface area contributed by atoms with Crippen LogP contribution in [0.15, 0.2) is 0 Å². The zero-order chi connectivity index (χ0) is 14.9. The fourth-order valence-corrected chi connectivity index (χ4v) is 4.25. The molecule has 0 radical (unpaired) electrons. The smallest absolute Gasteiger partial charge is 0.331 e. The van der Waals surface area contributed by atoms with E-state index in [1.807, 2.05) is 0 Å². The molecule has 3 fully saturated rings. The molecule has 5 nitrogen and oxygen atoms in total. The molecule has 1 spiro atoms. The van der Waals surface area contributed by atoms with E-state index in [-0.39, 0.29) is 23.2 Å². The summed E-state index contributed by atoms with van der Waals surface area (Å²) >= 11 is 0. The normalized spacial score (nSPS) is 29.7. The van der Waals surface area contributed by atoms with Crippen molar-refractivity contribution in [1.82, 2.24) is 10.6 Å². The minimum absolute atomic E-state index is 0.0733. The second-order valence-electron chi connectivity index (χ2n) is 6.99. The highest BCUT2D eigenvalue weighted by Gasteiger charge is 2.59. The number of ether oxygens (including phenoxy) is 1. The molecule has 0 aromatic carbocycles. The van der Waals surface area contributed by atoms with Crippen molar-refractivity contribution in [1.29, 1.82) is 0 Å². The molecule has 5 heteroatoms. The average molecular weight is 294 g/mol. The number of esters is 1. The zero-order valence-corrected chi connectivity index (χ0v) is 12.9. The third-order valence-electron chi connectivity index (χ3n) is 5.75. The molecule has 118 valence electrons. The van der Waals surface area contributed by atoms with Crippen molar-refractivity contribution in [3.05, 3.63) is 0 Å². The van der Waals surface area contributed by atoms with Crippen LogP contribution in [-0.2, 0) is 14.3 Å². The molecule has 1 atom stereocenters. The number of hydrogen-bond donors (Lipinski definition) is 2. The van der Waals surface area contributed by atoms with Crippen LogP contribution in [0.4, 0.5) is 0 Å². The van der Waals surface area contributed by atoms with Crippen LogP contribution < -0.4 is 10.6 Å². The number of carbonyl (C=O) groups excluding carboxylic acids is 2. The summed E-state index contributed by atoms with van der Waals surface area (Å²) in [6.45, 7) is 2.01. The van der Waals surface area contributed by atoms with Crippen molar-refractivity contribution in [3.63, 3.8) is 0 Å². The Kier molecular flexibility index (Phi) is 3.95. The lowest BCUT2D eigenvalue weighted by Crippen LogP contribution is -2.56. The number of carbonyl (C=O) groups is 2. The molecule has 1 heterocycles. The summed E-state index contributed by atoms with van der Waals surface area (Å²) < 4.78 is 4.97. The fourth-order valence-electron chi connectivity index (χ4n) is 4.25. The Morgan fingerprint density at radius 2 is 1.76 bits per heavy atom. The van der Waals surface area contributed by atoms with Gasteiger partial charge in [0.05, 0.1) is 7.11 Å². The molecule has 2 aliphatic carbocycles. The number of hydrogen-bond acceptors (Lipinski definition) is 4. The summed E-state index contributed by atoms with van der Waals surface area (Å²) in [5.41, 5.74) is -0.553. The summed E-state index contributed by atoms with van der Waals surface area (Å²) in [4.78, 5) is 24.8. The molecule has 3 aliphatic rings. The van der Waals surface area contributed by atoms with Gasteiger partial charge in [0.15, 0.2) is 0 Å². The van der Waals surface area contributed by atoms with Crippen molar-refractivity contribution in [2.24, 2.45) is 11.3 Å². The quantitative estimate of drug-likeness (QED) is 0.772. The van der Waals surface area contributed by atoms with E-state index in [1.165, 1.54) is 7.11 Å². The number of methoxy groups -OCH3 is 1.